The molecule has 0 saturated carbocycles. The van der Waals surface area contributed by atoms with Crippen LogP contribution < -0.4 is 14.9 Å². The van der Waals surface area contributed by atoms with E-state index in [2.05, 4.69) is 31.4 Å². The molecule has 196 valence electrons. The number of hydrazone groups is 1. The summed E-state index contributed by atoms with van der Waals surface area (Å²) in [4.78, 5) is 28.6. The number of benzene rings is 3. The van der Waals surface area contributed by atoms with Crippen LogP contribution in [0.5, 0.6) is 11.5 Å². The van der Waals surface area contributed by atoms with Gasteiger partial charge in [0.15, 0.2) is 11.5 Å². The van der Waals surface area contributed by atoms with Crippen LogP contribution in [0.2, 0.25) is 10.0 Å². The van der Waals surface area contributed by atoms with Crippen LogP contribution in [0.25, 0.3) is 22.0 Å². The molecule has 0 spiro atoms. The molecule has 0 aliphatic heterocycles. The maximum absolute atomic E-state index is 13.3. The van der Waals surface area contributed by atoms with Gasteiger partial charge in [0.05, 0.1) is 30.1 Å². The summed E-state index contributed by atoms with van der Waals surface area (Å²) in [7, 11) is 1.44. The zero-order valence-corrected chi connectivity index (χ0v) is 23.2. The number of carbonyl (C=O) groups excluding carboxylic acids is 2. The monoisotopic (exact) mass is 625 g/mol. The van der Waals surface area contributed by atoms with Gasteiger partial charge >= 0.3 is 5.97 Å². The third kappa shape index (κ3) is 5.56. The van der Waals surface area contributed by atoms with Crippen LogP contribution in [-0.4, -0.2) is 30.2 Å². The van der Waals surface area contributed by atoms with E-state index in [1.807, 2.05) is 24.3 Å². The highest BCUT2D eigenvalue weighted by molar-refractivity contribution is 9.10. The Morgan fingerprint density at radius 2 is 1.85 bits per heavy atom. The molecule has 0 fully saturated rings. The second kappa shape index (κ2) is 11.4. The van der Waals surface area contributed by atoms with E-state index in [4.69, 9.17) is 37.1 Å². The third-order valence-electron chi connectivity index (χ3n) is 5.69. The SMILES string of the molecule is COc1cc(C=NNC(=O)c2[nH]c3c(Cl)cc(Br)cc3c2-c2ccccc2Cl)ccc1OC(=O)c1ccco1. The lowest BCUT2D eigenvalue weighted by Gasteiger charge is -2.09. The van der Waals surface area contributed by atoms with E-state index in [1.165, 1.54) is 25.7 Å². The molecule has 5 rings (SSSR count). The molecule has 5 aromatic rings. The number of hydrogen-bond acceptors (Lipinski definition) is 6. The predicted octanol–water partition coefficient (Wildman–Crippen LogP) is 7.49. The maximum Gasteiger partial charge on any atom is 0.379 e. The summed E-state index contributed by atoms with van der Waals surface area (Å²) in [5.41, 5.74) is 5.21. The van der Waals surface area contributed by atoms with E-state index in [0.29, 0.717) is 38.0 Å². The fourth-order valence-corrected chi connectivity index (χ4v) is 5.04. The Kier molecular flexibility index (Phi) is 7.74. The molecular formula is C28H18BrCl2N3O5. The summed E-state index contributed by atoms with van der Waals surface area (Å²) in [6.07, 6.45) is 2.81. The number of methoxy groups -OCH3 is 1. The quantitative estimate of drug-likeness (QED) is 0.0842. The van der Waals surface area contributed by atoms with E-state index < -0.39 is 11.9 Å². The fraction of sp³-hybridized carbons (Fsp3) is 0.0357. The molecule has 0 saturated heterocycles. The Labute approximate surface area is 240 Å². The molecular weight excluding hydrogens is 609 g/mol. The Morgan fingerprint density at radius 1 is 1.03 bits per heavy atom. The number of nitrogens with zero attached hydrogens (tertiary/aromatic N) is 1. The Hall–Kier alpha value is -4.05. The molecule has 11 heteroatoms. The van der Waals surface area contributed by atoms with Crippen molar-refractivity contribution in [2.24, 2.45) is 5.10 Å². The van der Waals surface area contributed by atoms with Crippen molar-refractivity contribution in [1.82, 2.24) is 10.4 Å². The minimum absolute atomic E-state index is 0.0622. The van der Waals surface area contributed by atoms with Crippen LogP contribution in [0.1, 0.15) is 26.6 Å². The highest BCUT2D eigenvalue weighted by atomic mass is 79.9. The van der Waals surface area contributed by atoms with Gasteiger partial charge in [0.2, 0.25) is 5.76 Å². The van der Waals surface area contributed by atoms with Crippen molar-refractivity contribution in [2.45, 2.75) is 0 Å². The van der Waals surface area contributed by atoms with Gasteiger partial charge in [-0.1, -0.05) is 57.3 Å². The van der Waals surface area contributed by atoms with Crippen molar-refractivity contribution in [3.8, 4) is 22.6 Å². The number of furan rings is 1. The Balaban J connectivity index is 1.40. The van der Waals surface area contributed by atoms with E-state index in [9.17, 15) is 9.59 Å². The largest absolute Gasteiger partial charge is 0.493 e. The number of aromatic amines is 1. The smallest absolute Gasteiger partial charge is 0.379 e. The summed E-state index contributed by atoms with van der Waals surface area (Å²) in [5.74, 6) is -0.605. The molecule has 0 bridgehead atoms. The van der Waals surface area contributed by atoms with Crippen LogP contribution in [0.4, 0.5) is 0 Å². The number of esters is 1. The van der Waals surface area contributed by atoms with Crippen molar-refractivity contribution < 1.29 is 23.5 Å². The predicted molar refractivity (Wildman–Crippen MR) is 153 cm³/mol. The normalized spacial score (nSPS) is 11.2. The standard InChI is InChI=1S/C28H18BrCl2N3O5/c1-37-23-11-15(8-9-21(23)39-28(36)22-7-4-10-38-22)14-32-34-27(35)26-24(17-5-2-3-6-19(17)30)18-12-16(29)13-20(31)25(18)33-26/h2-14,33H,1H3,(H,34,35). The summed E-state index contributed by atoms with van der Waals surface area (Å²) in [6.45, 7) is 0. The minimum atomic E-state index is -0.660. The third-order valence-corrected chi connectivity index (χ3v) is 6.77. The van der Waals surface area contributed by atoms with E-state index in [1.54, 1.807) is 36.4 Å². The molecule has 3 aromatic carbocycles. The summed E-state index contributed by atoms with van der Waals surface area (Å²) in [5, 5.41) is 5.74. The molecule has 8 nitrogen and oxygen atoms in total. The second-order valence-electron chi connectivity index (χ2n) is 8.14. The minimum Gasteiger partial charge on any atom is -0.493 e. The lowest BCUT2D eigenvalue weighted by atomic mass is 10.0. The van der Waals surface area contributed by atoms with Gasteiger partial charge in [0.25, 0.3) is 5.91 Å². The first-order chi connectivity index (χ1) is 18.9. The van der Waals surface area contributed by atoms with Crippen LogP contribution in [0.3, 0.4) is 0 Å². The average Bonchev–Trinajstić information content (AvgIpc) is 3.59. The average molecular weight is 627 g/mol. The summed E-state index contributed by atoms with van der Waals surface area (Å²) in [6, 6.07) is 18.7. The van der Waals surface area contributed by atoms with Crippen LogP contribution in [-0.2, 0) is 0 Å². The zero-order chi connectivity index (χ0) is 27.5. The first-order valence-electron chi connectivity index (χ1n) is 11.4. The number of rotatable bonds is 7. The van der Waals surface area contributed by atoms with Gasteiger partial charge in [-0.05, 0) is 54.1 Å². The van der Waals surface area contributed by atoms with Crippen molar-refractivity contribution in [1.29, 1.82) is 0 Å². The first-order valence-corrected chi connectivity index (χ1v) is 12.9. The van der Waals surface area contributed by atoms with Gasteiger partial charge in [-0.15, -0.1) is 0 Å². The highest BCUT2D eigenvalue weighted by Gasteiger charge is 2.22. The number of aromatic nitrogens is 1. The molecule has 2 aromatic heterocycles. The van der Waals surface area contributed by atoms with E-state index in [0.717, 1.165) is 9.86 Å². The van der Waals surface area contributed by atoms with Crippen LogP contribution in [0.15, 0.2) is 87.0 Å². The summed E-state index contributed by atoms with van der Waals surface area (Å²) < 4.78 is 16.5. The lowest BCUT2D eigenvalue weighted by molar-refractivity contribution is 0.0696. The molecule has 39 heavy (non-hydrogen) atoms. The van der Waals surface area contributed by atoms with Crippen LogP contribution >= 0.6 is 39.1 Å². The van der Waals surface area contributed by atoms with Gasteiger partial charge < -0.3 is 18.9 Å². The van der Waals surface area contributed by atoms with Crippen molar-refractivity contribution in [3.05, 3.63) is 105 Å². The van der Waals surface area contributed by atoms with Gasteiger partial charge in [-0.25, -0.2) is 10.2 Å². The van der Waals surface area contributed by atoms with E-state index >= 15 is 0 Å². The number of hydrogen-bond donors (Lipinski definition) is 2. The van der Waals surface area contributed by atoms with Gasteiger partial charge in [0.1, 0.15) is 5.69 Å². The maximum atomic E-state index is 13.3. The number of fused-ring (bicyclic) bond motifs is 1. The summed E-state index contributed by atoms with van der Waals surface area (Å²) >= 11 is 16.4. The van der Waals surface area contributed by atoms with Crippen molar-refractivity contribution >= 4 is 68.1 Å². The number of carbonyl (C=O) groups is 2. The first kappa shape index (κ1) is 26.6. The Bertz CT molecular complexity index is 1730. The van der Waals surface area contributed by atoms with Crippen LogP contribution in [0, 0.1) is 0 Å². The fourth-order valence-electron chi connectivity index (χ4n) is 3.95. The molecule has 0 aliphatic rings. The molecule has 0 unspecified atom stereocenters. The molecule has 0 radical (unpaired) electrons. The topological polar surface area (TPSA) is 106 Å². The highest BCUT2D eigenvalue weighted by Crippen LogP contribution is 2.40. The zero-order valence-electron chi connectivity index (χ0n) is 20.1. The molecule has 0 atom stereocenters. The Morgan fingerprint density at radius 3 is 2.59 bits per heavy atom. The van der Waals surface area contributed by atoms with Crippen molar-refractivity contribution in [2.75, 3.05) is 7.11 Å². The number of halogens is 3. The number of amides is 1. The van der Waals surface area contributed by atoms with Gasteiger partial charge in [0, 0.05) is 26.0 Å². The second-order valence-corrected chi connectivity index (χ2v) is 9.87. The number of ether oxygens (including phenoxy) is 2. The van der Waals surface area contributed by atoms with Crippen molar-refractivity contribution in [3.63, 3.8) is 0 Å². The van der Waals surface area contributed by atoms with Gasteiger partial charge in [-0.3, -0.25) is 4.79 Å². The molecule has 2 heterocycles. The number of H-pyrrole nitrogens is 1. The van der Waals surface area contributed by atoms with E-state index in [-0.39, 0.29) is 17.2 Å². The lowest BCUT2D eigenvalue weighted by Crippen LogP contribution is -2.19. The number of nitrogens with one attached hydrogen (secondary N) is 2. The molecule has 0 aliphatic carbocycles. The molecule has 2 N–H and O–H groups in total. The van der Waals surface area contributed by atoms with Gasteiger partial charge in [-0.2, -0.15) is 5.10 Å². The molecule has 1 amide bonds.